The molecule has 1 aliphatic rings. The number of carbonyl (C=O) groups excluding carboxylic acids is 1. The molecule has 2 aromatic carbocycles. The van der Waals surface area contributed by atoms with Crippen molar-refractivity contribution >= 4 is 39.1 Å². The third-order valence-corrected chi connectivity index (χ3v) is 5.13. The summed E-state index contributed by atoms with van der Waals surface area (Å²) in [5.41, 5.74) is 1.16. The molecule has 0 radical (unpaired) electrons. The first-order chi connectivity index (χ1) is 13.6. The number of non-ortho nitro benzene ring substituents is 1. The first kappa shape index (κ1) is 20.2. The van der Waals surface area contributed by atoms with Crippen molar-refractivity contribution in [2.45, 2.75) is 11.8 Å². The topological polar surface area (TPSA) is 145 Å². The largest absolute Gasteiger partial charge is 0.496 e. The first-order valence-electron chi connectivity index (χ1n) is 8.19. The number of nitro groups is 1. The molecule has 0 aromatic heterocycles. The Morgan fingerprint density at radius 2 is 1.86 bits per heavy atom. The minimum absolute atomic E-state index is 0.0919. The summed E-state index contributed by atoms with van der Waals surface area (Å²) in [6.45, 7) is 1.62. The number of rotatable bonds is 5. The Balaban J connectivity index is 1.98. The van der Waals surface area contributed by atoms with E-state index < -0.39 is 20.9 Å². The molecule has 0 spiro atoms. The van der Waals surface area contributed by atoms with E-state index in [9.17, 15) is 23.3 Å². The number of anilines is 1. The average molecular weight is 416 g/mol. The third-order valence-electron chi connectivity index (χ3n) is 4.20. The Hall–Kier alpha value is -3.57. The molecule has 0 unspecified atom stereocenters. The summed E-state index contributed by atoms with van der Waals surface area (Å²) >= 11 is 0. The highest BCUT2D eigenvalue weighted by Gasteiger charge is 2.29. The highest BCUT2D eigenvalue weighted by atomic mass is 32.2. The van der Waals surface area contributed by atoms with Crippen molar-refractivity contribution in [3.63, 3.8) is 0 Å². The summed E-state index contributed by atoms with van der Waals surface area (Å²) in [5.74, 6) is -0.112. The monoisotopic (exact) mass is 416 g/mol. The molecule has 0 saturated heterocycles. The van der Waals surface area contributed by atoms with Crippen LogP contribution in [0.2, 0.25) is 0 Å². The Morgan fingerprint density at radius 3 is 2.41 bits per heavy atom. The molecule has 0 saturated carbocycles. The highest BCUT2D eigenvalue weighted by molar-refractivity contribution is 7.89. The fourth-order valence-electron chi connectivity index (χ4n) is 2.74. The van der Waals surface area contributed by atoms with Crippen LogP contribution in [-0.4, -0.2) is 32.1 Å². The maximum Gasteiger partial charge on any atom is 0.280 e. The van der Waals surface area contributed by atoms with Crippen molar-refractivity contribution in [2.24, 2.45) is 10.2 Å². The van der Waals surface area contributed by atoms with Crippen molar-refractivity contribution < 1.29 is 22.9 Å². The Bertz CT molecular complexity index is 1170. The van der Waals surface area contributed by atoms with Crippen LogP contribution in [-0.2, 0) is 14.8 Å². The van der Waals surface area contributed by atoms with E-state index in [1.807, 2.05) is 0 Å². The molecule has 0 atom stereocenters. The number of carbonyl (C=O) groups is 1. The molecule has 29 heavy (non-hydrogen) atoms. The van der Waals surface area contributed by atoms with Gasteiger partial charge in [0.15, 0.2) is 0 Å². The van der Waals surface area contributed by atoms with Crippen LogP contribution in [0.4, 0.5) is 11.4 Å². The van der Waals surface area contributed by atoms with Crippen LogP contribution < -0.4 is 14.9 Å². The molecule has 1 aliphatic heterocycles. The SMILES string of the molecule is COc1ccc([N+](=O)[O-])cc1/C=C1\C(=O)N(c2ccc(S(N)(=O)=O)cc2)N=C1C. The molecule has 0 fully saturated rings. The lowest BCUT2D eigenvalue weighted by molar-refractivity contribution is -0.384. The van der Waals surface area contributed by atoms with Gasteiger partial charge in [-0.2, -0.15) is 10.1 Å². The number of hydrogen-bond donors (Lipinski definition) is 1. The summed E-state index contributed by atoms with van der Waals surface area (Å²) in [5, 5.41) is 21.4. The Morgan fingerprint density at radius 1 is 1.21 bits per heavy atom. The maximum absolute atomic E-state index is 12.8. The summed E-state index contributed by atoms with van der Waals surface area (Å²) < 4.78 is 28.0. The molecular formula is C18H16N4O6S. The molecule has 11 heteroatoms. The van der Waals surface area contributed by atoms with Crippen LogP contribution in [0.15, 0.2) is 58.0 Å². The van der Waals surface area contributed by atoms with E-state index in [1.165, 1.54) is 55.7 Å². The third kappa shape index (κ3) is 4.00. The number of ether oxygens (including phenoxy) is 1. The van der Waals surface area contributed by atoms with Crippen molar-refractivity contribution in [1.82, 2.24) is 0 Å². The Labute approximate surface area is 166 Å². The van der Waals surface area contributed by atoms with E-state index in [0.717, 1.165) is 5.01 Å². The zero-order valence-electron chi connectivity index (χ0n) is 15.4. The van der Waals surface area contributed by atoms with Gasteiger partial charge < -0.3 is 4.74 Å². The van der Waals surface area contributed by atoms with Gasteiger partial charge >= 0.3 is 0 Å². The molecular weight excluding hydrogens is 400 g/mol. The van der Waals surface area contributed by atoms with Crippen LogP contribution in [0.1, 0.15) is 12.5 Å². The quantitative estimate of drug-likeness (QED) is 0.448. The number of amides is 1. The Kier molecular flexibility index (Phi) is 5.18. The first-order valence-corrected chi connectivity index (χ1v) is 9.73. The minimum atomic E-state index is -3.86. The minimum Gasteiger partial charge on any atom is -0.496 e. The van der Waals surface area contributed by atoms with Gasteiger partial charge in [-0.1, -0.05) is 0 Å². The van der Waals surface area contributed by atoms with Crippen LogP contribution in [0.25, 0.3) is 6.08 Å². The number of methoxy groups -OCH3 is 1. The fraction of sp³-hybridized carbons (Fsp3) is 0.111. The number of hydrogen-bond acceptors (Lipinski definition) is 7. The molecule has 1 amide bonds. The lowest BCUT2D eigenvalue weighted by Gasteiger charge is -2.12. The number of primary sulfonamides is 1. The number of nitrogens with two attached hydrogens (primary N) is 1. The smallest absolute Gasteiger partial charge is 0.280 e. The highest BCUT2D eigenvalue weighted by Crippen LogP contribution is 2.30. The molecule has 0 aliphatic carbocycles. The van der Waals surface area contributed by atoms with E-state index in [2.05, 4.69) is 5.10 Å². The molecule has 1 heterocycles. The molecule has 150 valence electrons. The van der Waals surface area contributed by atoms with Gasteiger partial charge in [-0.05, 0) is 43.3 Å². The van der Waals surface area contributed by atoms with Crippen molar-refractivity contribution in [1.29, 1.82) is 0 Å². The van der Waals surface area contributed by atoms with E-state index >= 15 is 0 Å². The van der Waals surface area contributed by atoms with Gasteiger partial charge in [-0.3, -0.25) is 14.9 Å². The van der Waals surface area contributed by atoms with Crippen LogP contribution in [0, 0.1) is 10.1 Å². The predicted molar refractivity (Wildman–Crippen MR) is 106 cm³/mol. The maximum atomic E-state index is 12.8. The normalized spacial score (nSPS) is 15.6. The van der Waals surface area contributed by atoms with Crippen LogP contribution >= 0.6 is 0 Å². The average Bonchev–Trinajstić information content (AvgIpc) is 2.95. The molecule has 0 bridgehead atoms. The zero-order valence-corrected chi connectivity index (χ0v) is 16.2. The van der Waals surface area contributed by atoms with Crippen LogP contribution in [0.3, 0.4) is 0 Å². The fourth-order valence-corrected chi connectivity index (χ4v) is 3.26. The van der Waals surface area contributed by atoms with E-state index in [1.54, 1.807) is 6.92 Å². The van der Waals surface area contributed by atoms with Crippen molar-refractivity contribution in [3.05, 3.63) is 63.7 Å². The summed E-state index contributed by atoms with van der Waals surface area (Å²) in [4.78, 5) is 23.3. The molecule has 2 aromatic rings. The van der Waals surface area contributed by atoms with Gasteiger partial charge in [0, 0.05) is 17.7 Å². The standard InChI is InChI=1S/C18H16N4O6S/c1-11-16(10-12-9-14(22(24)25)5-8-17(12)28-2)18(23)21(20-11)13-3-6-15(7-4-13)29(19,26)27/h3-10H,1-2H3,(H2,19,26,27)/b16-10-. The van der Waals surface area contributed by atoms with Gasteiger partial charge in [-0.15, -0.1) is 0 Å². The zero-order chi connectivity index (χ0) is 21.3. The second kappa shape index (κ2) is 7.45. The van der Waals surface area contributed by atoms with Gasteiger partial charge in [0.2, 0.25) is 10.0 Å². The lowest BCUT2D eigenvalue weighted by Crippen LogP contribution is -2.21. The summed E-state index contributed by atoms with van der Waals surface area (Å²) in [6.07, 6.45) is 1.46. The number of nitro benzene ring substituents is 1. The van der Waals surface area contributed by atoms with E-state index in [4.69, 9.17) is 9.88 Å². The predicted octanol–water partition coefficient (Wildman–Crippen LogP) is 2.06. The lowest BCUT2D eigenvalue weighted by atomic mass is 10.1. The van der Waals surface area contributed by atoms with Gasteiger partial charge in [0.1, 0.15) is 5.75 Å². The second-order valence-electron chi connectivity index (χ2n) is 6.08. The number of benzene rings is 2. The number of hydrazone groups is 1. The summed E-state index contributed by atoms with van der Waals surface area (Å²) in [6, 6.07) is 9.41. The van der Waals surface area contributed by atoms with Crippen molar-refractivity contribution in [2.75, 3.05) is 12.1 Å². The number of sulfonamides is 1. The van der Waals surface area contributed by atoms with Crippen molar-refractivity contribution in [3.8, 4) is 5.75 Å². The van der Waals surface area contributed by atoms with E-state index in [0.29, 0.717) is 22.7 Å². The van der Waals surface area contributed by atoms with Gasteiger partial charge in [0.05, 0.1) is 33.9 Å². The molecule has 3 rings (SSSR count). The second-order valence-corrected chi connectivity index (χ2v) is 7.64. The van der Waals surface area contributed by atoms with Crippen LogP contribution in [0.5, 0.6) is 5.75 Å². The molecule has 10 nitrogen and oxygen atoms in total. The summed E-state index contributed by atoms with van der Waals surface area (Å²) in [7, 11) is -2.44. The van der Waals surface area contributed by atoms with Gasteiger partial charge in [-0.25, -0.2) is 13.6 Å². The van der Waals surface area contributed by atoms with E-state index in [-0.39, 0.29) is 16.2 Å². The molecule has 2 N–H and O–H groups in total. The number of nitrogens with zero attached hydrogens (tertiary/aromatic N) is 3. The van der Waals surface area contributed by atoms with Gasteiger partial charge in [0.25, 0.3) is 11.6 Å².